The Bertz CT molecular complexity index is 305. The number of esters is 1. The van der Waals surface area contributed by atoms with Gasteiger partial charge in [0.05, 0.1) is 6.61 Å². The van der Waals surface area contributed by atoms with E-state index in [1.54, 1.807) is 27.7 Å². The fraction of sp³-hybridized carbons (Fsp3) is 0.727. The molecule has 17 heavy (non-hydrogen) atoms. The third-order valence-corrected chi connectivity index (χ3v) is 1.59. The van der Waals surface area contributed by atoms with Crippen LogP contribution in [-0.2, 0) is 19.1 Å². The summed E-state index contributed by atoms with van der Waals surface area (Å²) in [5.74, 6) is -1.29. The molecule has 0 bridgehead atoms. The second-order valence-corrected chi connectivity index (χ2v) is 4.44. The molecule has 0 heterocycles. The molecule has 1 atom stereocenters. The van der Waals surface area contributed by atoms with Crippen LogP contribution < -0.4 is 5.32 Å². The Morgan fingerprint density at radius 3 is 2.12 bits per heavy atom. The van der Waals surface area contributed by atoms with E-state index in [9.17, 15) is 14.4 Å². The maximum Gasteiger partial charge on any atom is 0.408 e. The van der Waals surface area contributed by atoms with Crippen LogP contribution in [0, 0.1) is 0 Å². The Kier molecular flexibility index (Phi) is 5.64. The van der Waals surface area contributed by atoms with Gasteiger partial charge in [-0.3, -0.25) is 4.79 Å². The predicted molar refractivity (Wildman–Crippen MR) is 60.5 cm³/mol. The summed E-state index contributed by atoms with van der Waals surface area (Å²) in [6.45, 7) is 7.99. The van der Waals surface area contributed by atoms with E-state index in [0.29, 0.717) is 0 Å². The zero-order valence-corrected chi connectivity index (χ0v) is 10.8. The SMILES string of the molecule is CCOC(=O)[C@H](NC(=O)OC(C)(C)C)C(C)=O. The van der Waals surface area contributed by atoms with Crippen LogP contribution in [0.5, 0.6) is 0 Å². The van der Waals surface area contributed by atoms with Gasteiger partial charge in [-0.1, -0.05) is 0 Å². The summed E-state index contributed by atoms with van der Waals surface area (Å²) in [4.78, 5) is 34.0. The fourth-order valence-corrected chi connectivity index (χ4v) is 0.978. The molecule has 6 nitrogen and oxygen atoms in total. The minimum Gasteiger partial charge on any atom is -0.464 e. The van der Waals surface area contributed by atoms with Crippen molar-refractivity contribution in [3.63, 3.8) is 0 Å². The molecule has 0 fully saturated rings. The molecule has 0 aromatic heterocycles. The maximum atomic E-state index is 11.4. The van der Waals surface area contributed by atoms with Gasteiger partial charge in [0.1, 0.15) is 5.60 Å². The van der Waals surface area contributed by atoms with E-state index < -0.39 is 29.5 Å². The Morgan fingerprint density at radius 1 is 1.24 bits per heavy atom. The molecule has 1 amide bonds. The van der Waals surface area contributed by atoms with Gasteiger partial charge in [-0.05, 0) is 34.6 Å². The molecule has 0 radical (unpaired) electrons. The smallest absolute Gasteiger partial charge is 0.408 e. The molecule has 0 aromatic rings. The number of hydrogen-bond donors (Lipinski definition) is 1. The Morgan fingerprint density at radius 2 is 1.76 bits per heavy atom. The highest BCUT2D eigenvalue weighted by Gasteiger charge is 2.28. The molecule has 98 valence electrons. The van der Waals surface area contributed by atoms with E-state index in [1.165, 1.54) is 6.92 Å². The number of rotatable bonds is 4. The van der Waals surface area contributed by atoms with E-state index in [4.69, 9.17) is 4.74 Å². The first-order valence-electron chi connectivity index (χ1n) is 5.34. The molecule has 0 spiro atoms. The topological polar surface area (TPSA) is 81.7 Å². The number of hydrogen-bond acceptors (Lipinski definition) is 5. The molecule has 0 rings (SSSR count). The second kappa shape index (κ2) is 6.22. The Labute approximate surface area is 101 Å². The molecule has 0 aliphatic rings. The second-order valence-electron chi connectivity index (χ2n) is 4.44. The number of alkyl carbamates (subject to hydrolysis) is 1. The van der Waals surface area contributed by atoms with Gasteiger partial charge in [-0.25, -0.2) is 9.59 Å². The van der Waals surface area contributed by atoms with Crippen LogP contribution in [0.2, 0.25) is 0 Å². The standard InChI is InChI=1S/C11H19NO5/c1-6-16-9(14)8(7(2)13)12-10(15)17-11(3,4)5/h8H,6H2,1-5H3,(H,12,15)/t8-/m1/s1. The van der Waals surface area contributed by atoms with E-state index in [-0.39, 0.29) is 6.61 Å². The number of Topliss-reactive ketones (excluding diaryl/α,β-unsaturated/α-hetero) is 1. The first kappa shape index (κ1) is 15.4. The monoisotopic (exact) mass is 245 g/mol. The highest BCUT2D eigenvalue weighted by molar-refractivity contribution is 6.04. The van der Waals surface area contributed by atoms with Crippen LogP contribution in [0.15, 0.2) is 0 Å². The summed E-state index contributed by atoms with van der Waals surface area (Å²) in [7, 11) is 0. The van der Waals surface area contributed by atoms with Crippen molar-refractivity contribution in [1.29, 1.82) is 0 Å². The lowest BCUT2D eigenvalue weighted by Crippen LogP contribution is -2.48. The lowest BCUT2D eigenvalue weighted by Gasteiger charge is -2.21. The first-order chi connectivity index (χ1) is 7.67. The van der Waals surface area contributed by atoms with Crippen molar-refractivity contribution in [1.82, 2.24) is 5.32 Å². The lowest BCUT2D eigenvalue weighted by molar-refractivity contribution is -0.148. The number of carbonyl (C=O) groups excluding carboxylic acids is 3. The van der Waals surface area contributed by atoms with E-state index in [1.807, 2.05) is 0 Å². The van der Waals surface area contributed by atoms with Crippen molar-refractivity contribution in [2.24, 2.45) is 0 Å². The summed E-state index contributed by atoms with van der Waals surface area (Å²) in [6, 6.07) is -1.32. The zero-order chi connectivity index (χ0) is 13.6. The number of amides is 1. The van der Waals surface area contributed by atoms with Crippen molar-refractivity contribution in [2.45, 2.75) is 46.3 Å². The summed E-state index contributed by atoms with van der Waals surface area (Å²) >= 11 is 0. The van der Waals surface area contributed by atoms with Crippen LogP contribution in [0.4, 0.5) is 4.79 Å². The number of carbonyl (C=O) groups is 3. The van der Waals surface area contributed by atoms with Crippen molar-refractivity contribution in [3.8, 4) is 0 Å². The van der Waals surface area contributed by atoms with Gasteiger partial charge in [0.2, 0.25) is 0 Å². The van der Waals surface area contributed by atoms with Crippen molar-refractivity contribution in [2.75, 3.05) is 6.61 Å². The normalized spacial score (nSPS) is 12.5. The van der Waals surface area contributed by atoms with Gasteiger partial charge in [0.25, 0.3) is 0 Å². The number of nitrogens with one attached hydrogen (secondary N) is 1. The lowest BCUT2D eigenvalue weighted by atomic mass is 10.2. The van der Waals surface area contributed by atoms with Crippen LogP contribution in [0.3, 0.4) is 0 Å². The number of ether oxygens (including phenoxy) is 2. The van der Waals surface area contributed by atoms with Crippen molar-refractivity contribution < 1.29 is 23.9 Å². The van der Waals surface area contributed by atoms with E-state index >= 15 is 0 Å². The summed E-state index contributed by atoms with van der Waals surface area (Å²) < 4.78 is 9.60. The number of ketones is 1. The molecule has 0 unspecified atom stereocenters. The molecule has 0 saturated heterocycles. The summed E-state index contributed by atoms with van der Waals surface area (Å²) in [6.07, 6.45) is -0.828. The van der Waals surface area contributed by atoms with Gasteiger partial charge >= 0.3 is 12.1 Å². The molecule has 0 aliphatic heterocycles. The fourth-order valence-electron chi connectivity index (χ4n) is 0.978. The Hall–Kier alpha value is -1.59. The highest BCUT2D eigenvalue weighted by Crippen LogP contribution is 2.07. The molecule has 0 aliphatic carbocycles. The third-order valence-electron chi connectivity index (χ3n) is 1.59. The minimum atomic E-state index is -1.32. The predicted octanol–water partition coefficient (Wildman–Crippen LogP) is 1.03. The van der Waals surface area contributed by atoms with Gasteiger partial charge in [-0.2, -0.15) is 0 Å². The Balaban J connectivity index is 4.51. The van der Waals surface area contributed by atoms with Crippen molar-refractivity contribution in [3.05, 3.63) is 0 Å². The van der Waals surface area contributed by atoms with Crippen molar-refractivity contribution >= 4 is 17.8 Å². The van der Waals surface area contributed by atoms with Crippen LogP contribution >= 0.6 is 0 Å². The minimum absolute atomic E-state index is 0.138. The average Bonchev–Trinajstić information content (AvgIpc) is 2.11. The molecular formula is C11H19NO5. The molecule has 6 heteroatoms. The largest absolute Gasteiger partial charge is 0.464 e. The molecule has 1 N–H and O–H groups in total. The van der Waals surface area contributed by atoms with Crippen LogP contribution in [0.1, 0.15) is 34.6 Å². The van der Waals surface area contributed by atoms with Gasteiger partial charge < -0.3 is 14.8 Å². The van der Waals surface area contributed by atoms with Crippen LogP contribution in [-0.4, -0.2) is 36.1 Å². The van der Waals surface area contributed by atoms with Gasteiger partial charge in [0.15, 0.2) is 11.8 Å². The van der Waals surface area contributed by atoms with Gasteiger partial charge in [0, 0.05) is 0 Å². The highest BCUT2D eigenvalue weighted by atomic mass is 16.6. The van der Waals surface area contributed by atoms with Crippen LogP contribution in [0.25, 0.3) is 0 Å². The quantitative estimate of drug-likeness (QED) is 0.591. The third kappa shape index (κ3) is 6.55. The summed E-state index contributed by atoms with van der Waals surface area (Å²) in [5.41, 5.74) is -0.694. The molecular weight excluding hydrogens is 226 g/mol. The van der Waals surface area contributed by atoms with E-state index in [0.717, 1.165) is 0 Å². The van der Waals surface area contributed by atoms with Gasteiger partial charge in [-0.15, -0.1) is 0 Å². The zero-order valence-electron chi connectivity index (χ0n) is 10.8. The summed E-state index contributed by atoms with van der Waals surface area (Å²) in [5, 5.41) is 2.17. The first-order valence-corrected chi connectivity index (χ1v) is 5.34. The molecule has 0 aromatic carbocycles. The maximum absolute atomic E-state index is 11.4. The average molecular weight is 245 g/mol. The van der Waals surface area contributed by atoms with E-state index in [2.05, 4.69) is 10.1 Å². The molecule has 0 saturated carbocycles.